The molecule has 1 saturated heterocycles. The van der Waals surface area contributed by atoms with E-state index in [1.807, 2.05) is 0 Å². The van der Waals surface area contributed by atoms with Crippen LogP contribution in [0.1, 0.15) is 30.5 Å². The third-order valence-electron chi connectivity index (χ3n) is 4.54. The molecule has 0 aliphatic carbocycles. The summed E-state index contributed by atoms with van der Waals surface area (Å²) >= 11 is 6.63. The van der Waals surface area contributed by atoms with E-state index < -0.39 is 0 Å². The zero-order valence-electron chi connectivity index (χ0n) is 12.1. The standard InChI is InChI=1S/C17H19ClN2O/c18-17-13-10-12(20-7-2-1-3-8-20)4-5-15(13)19-16-6-9-21-11-14(16)17/h4-5,10H,1-3,6-9,11H2. The van der Waals surface area contributed by atoms with Crippen LogP contribution >= 0.6 is 11.6 Å². The Morgan fingerprint density at radius 3 is 2.86 bits per heavy atom. The van der Waals surface area contributed by atoms with Crippen molar-refractivity contribution >= 4 is 28.2 Å². The highest BCUT2D eigenvalue weighted by atomic mass is 35.5. The highest BCUT2D eigenvalue weighted by Gasteiger charge is 2.18. The summed E-state index contributed by atoms with van der Waals surface area (Å²) in [5.74, 6) is 0. The van der Waals surface area contributed by atoms with Crippen LogP contribution in [0.5, 0.6) is 0 Å². The van der Waals surface area contributed by atoms with Crippen LogP contribution in [0.15, 0.2) is 18.2 Å². The number of nitrogens with zero attached hydrogens (tertiary/aromatic N) is 2. The summed E-state index contributed by atoms with van der Waals surface area (Å²) in [5.41, 5.74) is 4.44. The molecule has 3 nitrogen and oxygen atoms in total. The molecule has 110 valence electrons. The second-order valence-corrected chi connectivity index (χ2v) is 6.28. The Bertz CT molecular complexity index is 680. The second-order valence-electron chi connectivity index (χ2n) is 5.90. The third kappa shape index (κ3) is 2.39. The van der Waals surface area contributed by atoms with E-state index in [9.17, 15) is 0 Å². The molecule has 0 spiro atoms. The van der Waals surface area contributed by atoms with Crippen LogP contribution in [-0.4, -0.2) is 24.7 Å². The molecule has 0 bridgehead atoms. The molecule has 2 aliphatic heterocycles. The van der Waals surface area contributed by atoms with Gasteiger partial charge in [0.15, 0.2) is 0 Å². The number of hydrogen-bond acceptors (Lipinski definition) is 3. The minimum absolute atomic E-state index is 0.588. The van der Waals surface area contributed by atoms with Crippen molar-refractivity contribution in [3.05, 3.63) is 34.5 Å². The molecule has 0 unspecified atom stereocenters. The average molecular weight is 303 g/mol. The second kappa shape index (κ2) is 5.47. The number of halogens is 1. The topological polar surface area (TPSA) is 25.4 Å². The molecule has 4 rings (SSSR count). The van der Waals surface area contributed by atoms with Crippen molar-refractivity contribution in [2.75, 3.05) is 24.6 Å². The Morgan fingerprint density at radius 1 is 1.14 bits per heavy atom. The lowest BCUT2D eigenvalue weighted by molar-refractivity contribution is 0.109. The number of piperidine rings is 1. The number of ether oxygens (including phenoxy) is 1. The maximum Gasteiger partial charge on any atom is 0.0749 e. The highest BCUT2D eigenvalue weighted by molar-refractivity contribution is 6.36. The Morgan fingerprint density at radius 2 is 2.00 bits per heavy atom. The molecule has 0 atom stereocenters. The third-order valence-corrected chi connectivity index (χ3v) is 4.97. The molecule has 1 fully saturated rings. The van der Waals surface area contributed by atoms with Gasteiger partial charge in [0.1, 0.15) is 0 Å². The fourth-order valence-corrected chi connectivity index (χ4v) is 3.66. The first-order valence-electron chi connectivity index (χ1n) is 7.76. The van der Waals surface area contributed by atoms with Crippen molar-refractivity contribution < 1.29 is 4.74 Å². The summed E-state index contributed by atoms with van der Waals surface area (Å²) in [7, 11) is 0. The van der Waals surface area contributed by atoms with E-state index in [-0.39, 0.29) is 0 Å². The maximum absolute atomic E-state index is 6.63. The average Bonchev–Trinajstić information content (AvgIpc) is 2.56. The van der Waals surface area contributed by atoms with Crippen LogP contribution in [0, 0.1) is 0 Å². The lowest BCUT2D eigenvalue weighted by Crippen LogP contribution is -2.29. The van der Waals surface area contributed by atoms with Gasteiger partial charge in [-0.2, -0.15) is 0 Å². The quantitative estimate of drug-likeness (QED) is 0.797. The molecule has 1 aromatic carbocycles. The first-order chi connectivity index (χ1) is 10.3. The molecular formula is C17H19ClN2O. The van der Waals surface area contributed by atoms with E-state index in [0.29, 0.717) is 6.61 Å². The van der Waals surface area contributed by atoms with Gasteiger partial charge in [0.05, 0.1) is 29.4 Å². The fourth-order valence-electron chi connectivity index (χ4n) is 3.34. The van der Waals surface area contributed by atoms with Crippen LogP contribution in [0.4, 0.5) is 5.69 Å². The van der Waals surface area contributed by atoms with Gasteiger partial charge in [0.2, 0.25) is 0 Å². The van der Waals surface area contributed by atoms with Gasteiger partial charge in [0, 0.05) is 36.1 Å². The molecule has 0 saturated carbocycles. The van der Waals surface area contributed by atoms with Crippen LogP contribution in [0.25, 0.3) is 10.9 Å². The zero-order valence-corrected chi connectivity index (χ0v) is 12.8. The van der Waals surface area contributed by atoms with Gasteiger partial charge in [-0.05, 0) is 37.5 Å². The van der Waals surface area contributed by atoms with Gasteiger partial charge in [-0.1, -0.05) is 11.6 Å². The molecule has 21 heavy (non-hydrogen) atoms. The van der Waals surface area contributed by atoms with Gasteiger partial charge >= 0.3 is 0 Å². The number of fused-ring (bicyclic) bond motifs is 2. The SMILES string of the molecule is Clc1c2c(nc3ccc(N4CCCCC4)cc13)CCOC2. The molecule has 4 heteroatoms. The molecule has 2 aromatic rings. The summed E-state index contributed by atoms with van der Waals surface area (Å²) in [6.45, 7) is 3.62. The highest BCUT2D eigenvalue weighted by Crippen LogP contribution is 2.33. The Kier molecular flexibility index (Phi) is 3.48. The smallest absolute Gasteiger partial charge is 0.0749 e. The van der Waals surface area contributed by atoms with Crippen LogP contribution in [0.3, 0.4) is 0 Å². The molecule has 1 aromatic heterocycles. The number of pyridine rings is 1. The minimum atomic E-state index is 0.588. The van der Waals surface area contributed by atoms with E-state index in [0.717, 1.165) is 53.3 Å². The number of anilines is 1. The fraction of sp³-hybridized carbons (Fsp3) is 0.471. The van der Waals surface area contributed by atoms with E-state index in [2.05, 4.69) is 23.1 Å². The van der Waals surface area contributed by atoms with E-state index in [1.165, 1.54) is 24.9 Å². The van der Waals surface area contributed by atoms with Crippen LogP contribution < -0.4 is 4.90 Å². The number of hydrogen-bond donors (Lipinski definition) is 0. The van der Waals surface area contributed by atoms with Gasteiger partial charge in [0.25, 0.3) is 0 Å². The van der Waals surface area contributed by atoms with Crippen molar-refractivity contribution in [1.29, 1.82) is 0 Å². The molecular weight excluding hydrogens is 284 g/mol. The predicted molar refractivity (Wildman–Crippen MR) is 86.2 cm³/mol. The lowest BCUT2D eigenvalue weighted by atomic mass is 10.0. The molecule has 2 aliphatic rings. The van der Waals surface area contributed by atoms with Gasteiger partial charge in [-0.25, -0.2) is 0 Å². The number of aromatic nitrogens is 1. The van der Waals surface area contributed by atoms with Crippen molar-refractivity contribution in [3.8, 4) is 0 Å². The molecule has 0 amide bonds. The largest absolute Gasteiger partial charge is 0.376 e. The maximum atomic E-state index is 6.63. The summed E-state index contributed by atoms with van der Waals surface area (Å²) in [5, 5.41) is 1.89. The van der Waals surface area contributed by atoms with Crippen LogP contribution in [-0.2, 0) is 17.8 Å². The molecule has 3 heterocycles. The molecule has 0 N–H and O–H groups in total. The Labute approximate surface area is 129 Å². The van der Waals surface area contributed by atoms with Gasteiger partial charge in [-0.15, -0.1) is 0 Å². The molecule has 0 radical (unpaired) electrons. The van der Waals surface area contributed by atoms with Gasteiger partial charge < -0.3 is 9.64 Å². The number of benzene rings is 1. The van der Waals surface area contributed by atoms with Gasteiger partial charge in [-0.3, -0.25) is 4.98 Å². The van der Waals surface area contributed by atoms with E-state index in [4.69, 9.17) is 21.3 Å². The summed E-state index contributed by atoms with van der Waals surface area (Å²) in [6.07, 6.45) is 4.76. The van der Waals surface area contributed by atoms with Crippen molar-refractivity contribution in [2.24, 2.45) is 0 Å². The van der Waals surface area contributed by atoms with Crippen molar-refractivity contribution in [3.63, 3.8) is 0 Å². The summed E-state index contributed by atoms with van der Waals surface area (Å²) < 4.78 is 5.54. The zero-order chi connectivity index (χ0) is 14.2. The Hall–Kier alpha value is -1.32. The van der Waals surface area contributed by atoms with E-state index in [1.54, 1.807) is 0 Å². The van der Waals surface area contributed by atoms with Crippen molar-refractivity contribution in [1.82, 2.24) is 4.98 Å². The van der Waals surface area contributed by atoms with Crippen molar-refractivity contribution in [2.45, 2.75) is 32.3 Å². The monoisotopic (exact) mass is 302 g/mol. The normalized spacial score (nSPS) is 18.8. The predicted octanol–water partition coefficient (Wildman–Crippen LogP) is 3.95. The Balaban J connectivity index is 1.81. The first-order valence-corrected chi connectivity index (χ1v) is 8.14. The lowest BCUT2D eigenvalue weighted by Gasteiger charge is -2.29. The van der Waals surface area contributed by atoms with E-state index >= 15 is 0 Å². The first kappa shape index (κ1) is 13.4. The minimum Gasteiger partial charge on any atom is -0.376 e. The van der Waals surface area contributed by atoms with Crippen LogP contribution in [0.2, 0.25) is 5.02 Å². The summed E-state index contributed by atoms with van der Waals surface area (Å²) in [6, 6.07) is 6.49. The summed E-state index contributed by atoms with van der Waals surface area (Å²) in [4.78, 5) is 7.23. The number of rotatable bonds is 1.